The van der Waals surface area contributed by atoms with Gasteiger partial charge < -0.3 is 10.2 Å². The fraction of sp³-hybridized carbons (Fsp3) is 0.318. The summed E-state index contributed by atoms with van der Waals surface area (Å²) in [5.41, 5.74) is 2.34. The SMILES string of the molecule is O=C1CC(C(=O)N2CCC(C(=O)c3ccccc3)CC2)c2ccccc2N1. The molecule has 4 rings (SSSR count). The van der Waals surface area contributed by atoms with E-state index in [2.05, 4.69) is 5.32 Å². The van der Waals surface area contributed by atoms with Crippen LogP contribution in [0.4, 0.5) is 5.69 Å². The number of fused-ring (bicyclic) bond motifs is 1. The predicted octanol–water partition coefficient (Wildman–Crippen LogP) is 3.23. The third-order valence-corrected chi connectivity index (χ3v) is 5.53. The van der Waals surface area contributed by atoms with Crippen molar-refractivity contribution in [3.8, 4) is 0 Å². The minimum absolute atomic E-state index is 0.0112. The van der Waals surface area contributed by atoms with Gasteiger partial charge in [-0.1, -0.05) is 48.5 Å². The van der Waals surface area contributed by atoms with Crippen LogP contribution in [-0.4, -0.2) is 35.6 Å². The molecule has 0 spiro atoms. The molecule has 0 aromatic heterocycles. The van der Waals surface area contributed by atoms with Crippen LogP contribution in [0, 0.1) is 5.92 Å². The number of nitrogens with zero attached hydrogens (tertiary/aromatic N) is 1. The second-order valence-corrected chi connectivity index (χ2v) is 7.22. The highest BCUT2D eigenvalue weighted by atomic mass is 16.2. The molecule has 2 aromatic carbocycles. The summed E-state index contributed by atoms with van der Waals surface area (Å²) < 4.78 is 0. The number of hydrogen-bond donors (Lipinski definition) is 1. The maximum Gasteiger partial charge on any atom is 0.230 e. The van der Waals surface area contributed by atoms with E-state index in [1.54, 1.807) is 0 Å². The Morgan fingerprint density at radius 1 is 0.926 bits per heavy atom. The van der Waals surface area contributed by atoms with Gasteiger partial charge in [-0.15, -0.1) is 0 Å². The fourth-order valence-corrected chi connectivity index (χ4v) is 4.05. The van der Waals surface area contributed by atoms with Gasteiger partial charge in [0.1, 0.15) is 0 Å². The van der Waals surface area contributed by atoms with Gasteiger partial charge in [0.15, 0.2) is 5.78 Å². The van der Waals surface area contributed by atoms with Gasteiger partial charge >= 0.3 is 0 Å². The van der Waals surface area contributed by atoms with E-state index in [0.29, 0.717) is 25.9 Å². The standard InChI is InChI=1S/C22H22N2O3/c25-20-14-18(17-8-4-5-9-19(17)23-20)22(27)24-12-10-16(11-13-24)21(26)15-6-2-1-3-7-15/h1-9,16,18H,10-14H2,(H,23,25). The van der Waals surface area contributed by atoms with Crippen molar-refractivity contribution in [3.63, 3.8) is 0 Å². The Balaban J connectivity index is 1.44. The van der Waals surface area contributed by atoms with E-state index in [0.717, 1.165) is 16.8 Å². The highest BCUT2D eigenvalue weighted by molar-refractivity contribution is 6.01. The highest BCUT2D eigenvalue weighted by Gasteiger charge is 2.35. The molecule has 1 unspecified atom stereocenters. The first-order chi connectivity index (χ1) is 13.1. The topological polar surface area (TPSA) is 66.5 Å². The van der Waals surface area contributed by atoms with E-state index in [1.807, 2.05) is 59.5 Å². The van der Waals surface area contributed by atoms with Crippen LogP contribution >= 0.6 is 0 Å². The van der Waals surface area contributed by atoms with Crippen LogP contribution in [0.5, 0.6) is 0 Å². The third kappa shape index (κ3) is 3.50. The number of nitrogens with one attached hydrogen (secondary N) is 1. The van der Waals surface area contributed by atoms with Crippen LogP contribution in [0.1, 0.15) is 41.1 Å². The van der Waals surface area contributed by atoms with Crippen molar-refractivity contribution in [2.75, 3.05) is 18.4 Å². The van der Waals surface area contributed by atoms with E-state index in [-0.39, 0.29) is 29.9 Å². The summed E-state index contributed by atoms with van der Waals surface area (Å²) in [6, 6.07) is 16.8. The van der Waals surface area contributed by atoms with Crippen molar-refractivity contribution in [1.82, 2.24) is 4.90 Å². The van der Waals surface area contributed by atoms with Crippen LogP contribution in [0.3, 0.4) is 0 Å². The number of piperidine rings is 1. The fourth-order valence-electron chi connectivity index (χ4n) is 4.05. The smallest absolute Gasteiger partial charge is 0.230 e. The van der Waals surface area contributed by atoms with Crippen LogP contribution in [-0.2, 0) is 9.59 Å². The Morgan fingerprint density at radius 2 is 1.59 bits per heavy atom. The number of amides is 2. The molecule has 1 atom stereocenters. The second kappa shape index (κ2) is 7.35. The molecule has 138 valence electrons. The molecule has 1 saturated heterocycles. The lowest BCUT2D eigenvalue weighted by atomic mass is 9.86. The van der Waals surface area contributed by atoms with Gasteiger partial charge in [0.2, 0.25) is 11.8 Å². The summed E-state index contributed by atoms with van der Waals surface area (Å²) in [5.74, 6) is -0.455. The van der Waals surface area contributed by atoms with E-state index < -0.39 is 5.92 Å². The summed E-state index contributed by atoms with van der Waals surface area (Å²) in [6.07, 6.45) is 1.51. The molecule has 0 saturated carbocycles. The summed E-state index contributed by atoms with van der Waals surface area (Å²) in [6.45, 7) is 1.12. The Morgan fingerprint density at radius 3 is 2.33 bits per heavy atom. The lowest BCUT2D eigenvalue weighted by Gasteiger charge is -2.35. The zero-order valence-corrected chi connectivity index (χ0v) is 15.1. The molecule has 1 N–H and O–H groups in total. The average Bonchev–Trinajstić information content (AvgIpc) is 2.73. The van der Waals surface area contributed by atoms with Crippen molar-refractivity contribution in [2.24, 2.45) is 5.92 Å². The van der Waals surface area contributed by atoms with Crippen LogP contribution in [0.15, 0.2) is 54.6 Å². The Labute approximate surface area is 158 Å². The maximum absolute atomic E-state index is 13.1. The van der Waals surface area contributed by atoms with Crippen molar-refractivity contribution >= 4 is 23.3 Å². The second-order valence-electron chi connectivity index (χ2n) is 7.22. The van der Waals surface area contributed by atoms with Gasteiger partial charge in [0.25, 0.3) is 0 Å². The molecule has 2 aliphatic rings. The molecule has 2 aliphatic heterocycles. The predicted molar refractivity (Wildman–Crippen MR) is 103 cm³/mol. The normalized spacial score (nSPS) is 19.9. The lowest BCUT2D eigenvalue weighted by Crippen LogP contribution is -2.44. The van der Waals surface area contributed by atoms with E-state index in [9.17, 15) is 14.4 Å². The molecular formula is C22H22N2O3. The first-order valence-electron chi connectivity index (χ1n) is 9.40. The number of benzene rings is 2. The van der Waals surface area contributed by atoms with Crippen molar-refractivity contribution in [1.29, 1.82) is 0 Å². The molecule has 5 nitrogen and oxygen atoms in total. The van der Waals surface area contributed by atoms with E-state index >= 15 is 0 Å². The third-order valence-electron chi connectivity index (χ3n) is 5.53. The number of likely N-dealkylation sites (tertiary alicyclic amines) is 1. The first kappa shape index (κ1) is 17.5. The summed E-state index contributed by atoms with van der Waals surface area (Å²) in [4.78, 5) is 39.5. The van der Waals surface area contributed by atoms with Crippen LogP contribution in [0.2, 0.25) is 0 Å². The highest BCUT2D eigenvalue weighted by Crippen LogP contribution is 2.34. The molecule has 0 bridgehead atoms. The number of carbonyl (C=O) groups excluding carboxylic acids is 3. The molecular weight excluding hydrogens is 340 g/mol. The number of Topliss-reactive ketones (excluding diaryl/α,β-unsaturated/α-hetero) is 1. The largest absolute Gasteiger partial charge is 0.342 e. The Kier molecular flexibility index (Phi) is 4.75. The van der Waals surface area contributed by atoms with Crippen LogP contribution in [0.25, 0.3) is 0 Å². The van der Waals surface area contributed by atoms with Crippen LogP contribution < -0.4 is 5.32 Å². The van der Waals surface area contributed by atoms with Crippen molar-refractivity contribution < 1.29 is 14.4 Å². The summed E-state index contributed by atoms with van der Waals surface area (Å²) >= 11 is 0. The Bertz CT molecular complexity index is 870. The number of hydrogen-bond acceptors (Lipinski definition) is 3. The minimum Gasteiger partial charge on any atom is -0.342 e. The zero-order chi connectivity index (χ0) is 18.8. The van der Waals surface area contributed by atoms with Gasteiger partial charge in [-0.2, -0.15) is 0 Å². The first-order valence-corrected chi connectivity index (χ1v) is 9.40. The van der Waals surface area contributed by atoms with Crippen molar-refractivity contribution in [2.45, 2.75) is 25.2 Å². The van der Waals surface area contributed by atoms with Gasteiger partial charge in [-0.05, 0) is 24.5 Å². The lowest BCUT2D eigenvalue weighted by molar-refractivity contribution is -0.136. The van der Waals surface area contributed by atoms with Gasteiger partial charge in [0, 0.05) is 36.7 Å². The van der Waals surface area contributed by atoms with Gasteiger partial charge in [0.05, 0.1) is 5.92 Å². The number of anilines is 1. The van der Waals surface area contributed by atoms with E-state index in [1.165, 1.54) is 0 Å². The van der Waals surface area contributed by atoms with Gasteiger partial charge in [-0.25, -0.2) is 0 Å². The molecule has 0 radical (unpaired) electrons. The maximum atomic E-state index is 13.1. The summed E-state index contributed by atoms with van der Waals surface area (Å²) in [7, 11) is 0. The molecule has 0 aliphatic carbocycles. The number of rotatable bonds is 3. The molecule has 2 amide bonds. The Hall–Kier alpha value is -2.95. The molecule has 2 aromatic rings. The summed E-state index contributed by atoms with van der Waals surface area (Å²) in [5, 5.41) is 2.83. The molecule has 1 fully saturated rings. The van der Waals surface area contributed by atoms with Gasteiger partial charge in [-0.3, -0.25) is 14.4 Å². The molecule has 2 heterocycles. The number of carbonyl (C=O) groups is 3. The number of para-hydroxylation sites is 1. The number of ketones is 1. The zero-order valence-electron chi connectivity index (χ0n) is 15.1. The molecule has 27 heavy (non-hydrogen) atoms. The average molecular weight is 362 g/mol. The van der Waals surface area contributed by atoms with E-state index in [4.69, 9.17) is 0 Å². The molecule has 5 heteroatoms. The minimum atomic E-state index is -0.434. The monoisotopic (exact) mass is 362 g/mol. The van der Waals surface area contributed by atoms with Crippen molar-refractivity contribution in [3.05, 3.63) is 65.7 Å². The quantitative estimate of drug-likeness (QED) is 0.853.